The first-order valence-electron chi connectivity index (χ1n) is 11.8. The van der Waals surface area contributed by atoms with Gasteiger partial charge in [-0.2, -0.15) is 13.2 Å². The Morgan fingerprint density at radius 3 is 2.64 bits per heavy atom. The molecule has 2 heterocycles. The van der Waals surface area contributed by atoms with E-state index >= 15 is 0 Å². The first kappa shape index (κ1) is 25.4. The molecule has 4 rings (SSSR count). The Balaban J connectivity index is 1.83. The van der Waals surface area contributed by atoms with E-state index in [1.54, 1.807) is 42.5 Å². The molecule has 6 heteroatoms. The lowest BCUT2D eigenvalue weighted by atomic mass is 9.72. The molecular formula is C30H28F3NO2. The molecule has 0 bridgehead atoms. The summed E-state index contributed by atoms with van der Waals surface area (Å²) in [7, 11) is 1.84. The number of hydrogen-bond acceptors (Lipinski definition) is 3. The van der Waals surface area contributed by atoms with Crippen LogP contribution in [-0.2, 0) is 4.74 Å². The van der Waals surface area contributed by atoms with Gasteiger partial charge in [0.2, 0.25) is 11.5 Å². The predicted molar refractivity (Wildman–Crippen MR) is 134 cm³/mol. The SMILES string of the molecule is C#C/C(=C\C1=C(CC(F)(F)F)OC2(C=C1)N(C)C1=CCC=CC=C1C2(C)CC)C(=O)c1ccccc1. The van der Waals surface area contributed by atoms with Gasteiger partial charge in [0, 0.05) is 23.9 Å². The number of allylic oxidation sites excluding steroid dienone is 10. The molecule has 1 saturated heterocycles. The number of hydrogen-bond donors (Lipinski definition) is 0. The number of fused-ring (bicyclic) bond motifs is 1. The van der Waals surface area contributed by atoms with Crippen molar-refractivity contribution in [2.45, 2.75) is 45.0 Å². The highest BCUT2D eigenvalue weighted by molar-refractivity contribution is 6.11. The summed E-state index contributed by atoms with van der Waals surface area (Å²) in [5.74, 6) is 1.64. The van der Waals surface area contributed by atoms with Crippen molar-refractivity contribution in [3.63, 3.8) is 0 Å². The van der Waals surface area contributed by atoms with Gasteiger partial charge in [-0.05, 0) is 43.6 Å². The molecule has 0 saturated carbocycles. The third-order valence-electron chi connectivity index (χ3n) is 7.26. The minimum absolute atomic E-state index is 0.0428. The largest absolute Gasteiger partial charge is 0.467 e. The fraction of sp³-hybridized carbons (Fsp3) is 0.300. The van der Waals surface area contributed by atoms with Crippen molar-refractivity contribution in [1.82, 2.24) is 4.90 Å². The first-order valence-corrected chi connectivity index (χ1v) is 11.8. The lowest BCUT2D eigenvalue weighted by molar-refractivity contribution is -0.159. The molecule has 1 spiro atoms. The Kier molecular flexibility index (Phi) is 6.62. The fourth-order valence-corrected chi connectivity index (χ4v) is 5.16. The summed E-state index contributed by atoms with van der Waals surface area (Å²) in [5.41, 5.74) is 0.610. The van der Waals surface area contributed by atoms with Gasteiger partial charge in [0.25, 0.3) is 0 Å². The number of likely N-dealkylation sites (N-methyl/N-ethyl adjacent to an activating group) is 1. The van der Waals surface area contributed by atoms with Crippen LogP contribution >= 0.6 is 0 Å². The second-order valence-corrected chi connectivity index (χ2v) is 9.28. The third-order valence-corrected chi connectivity index (χ3v) is 7.26. The van der Waals surface area contributed by atoms with E-state index in [-0.39, 0.29) is 16.9 Å². The summed E-state index contributed by atoms with van der Waals surface area (Å²) >= 11 is 0. The van der Waals surface area contributed by atoms with Gasteiger partial charge in [-0.15, -0.1) is 6.42 Å². The molecule has 0 amide bonds. The van der Waals surface area contributed by atoms with E-state index in [9.17, 15) is 18.0 Å². The summed E-state index contributed by atoms with van der Waals surface area (Å²) in [6, 6.07) is 8.39. The number of Topliss-reactive ketones (excluding diaryl/α,β-unsaturated/α-hetero) is 1. The zero-order chi connectivity index (χ0) is 26.1. The summed E-state index contributed by atoms with van der Waals surface area (Å²) in [4.78, 5) is 14.9. The molecule has 1 aliphatic carbocycles. The number of nitrogens with zero attached hydrogens (tertiary/aromatic N) is 1. The van der Waals surface area contributed by atoms with Gasteiger partial charge >= 0.3 is 6.18 Å². The number of carbonyl (C=O) groups excluding carboxylic acids is 1. The van der Waals surface area contributed by atoms with Crippen molar-refractivity contribution >= 4 is 5.78 Å². The van der Waals surface area contributed by atoms with Gasteiger partial charge in [-0.25, -0.2) is 0 Å². The maximum absolute atomic E-state index is 13.7. The average molecular weight is 492 g/mol. The van der Waals surface area contributed by atoms with Gasteiger partial charge in [-0.1, -0.05) is 67.5 Å². The number of terminal acetylenes is 1. The minimum atomic E-state index is -4.52. The summed E-state index contributed by atoms with van der Waals surface area (Å²) in [6.07, 6.45) is 14.0. The van der Waals surface area contributed by atoms with E-state index in [4.69, 9.17) is 11.2 Å². The Morgan fingerprint density at radius 2 is 2.00 bits per heavy atom. The molecule has 1 aromatic carbocycles. The Labute approximate surface area is 210 Å². The molecule has 36 heavy (non-hydrogen) atoms. The topological polar surface area (TPSA) is 29.5 Å². The van der Waals surface area contributed by atoms with Gasteiger partial charge < -0.3 is 9.64 Å². The van der Waals surface area contributed by atoms with Crippen LogP contribution in [0, 0.1) is 17.8 Å². The standard InChI is InChI=1S/C30H28F3NO2/c1-5-21(27(35)22-13-9-7-10-14-22)19-23-17-18-29(36-26(23)20-30(31,32)33)28(3,6-2)24-15-11-8-12-16-25(24)34(29)4/h1,7-11,13-19H,6,12,20H2,2-4H3/b21-19+. The predicted octanol–water partition coefficient (Wildman–Crippen LogP) is 7.05. The Morgan fingerprint density at radius 1 is 1.28 bits per heavy atom. The van der Waals surface area contributed by atoms with Crippen LogP contribution in [0.15, 0.2) is 101 Å². The maximum atomic E-state index is 13.7. The van der Waals surface area contributed by atoms with Crippen LogP contribution in [0.3, 0.4) is 0 Å². The molecule has 0 N–H and O–H groups in total. The second kappa shape index (κ2) is 9.39. The van der Waals surface area contributed by atoms with Crippen LogP contribution in [0.1, 0.15) is 43.5 Å². The fourth-order valence-electron chi connectivity index (χ4n) is 5.16. The third kappa shape index (κ3) is 4.24. The molecule has 186 valence electrons. The lowest BCUT2D eigenvalue weighted by Gasteiger charge is -2.47. The molecule has 0 aromatic heterocycles. The molecule has 2 aliphatic heterocycles. The maximum Gasteiger partial charge on any atom is 0.396 e. The smallest absolute Gasteiger partial charge is 0.396 e. The van der Waals surface area contributed by atoms with E-state index in [2.05, 4.69) is 12.0 Å². The number of halogens is 3. The van der Waals surface area contributed by atoms with Crippen LogP contribution < -0.4 is 0 Å². The Bertz CT molecular complexity index is 1290. The molecule has 3 nitrogen and oxygen atoms in total. The van der Waals surface area contributed by atoms with E-state index in [0.29, 0.717) is 18.4 Å². The summed E-state index contributed by atoms with van der Waals surface area (Å²) < 4.78 is 47.6. The highest BCUT2D eigenvalue weighted by Crippen LogP contribution is 2.59. The first-order chi connectivity index (χ1) is 17.1. The monoisotopic (exact) mass is 491 g/mol. The minimum Gasteiger partial charge on any atom is -0.467 e. The normalized spacial score (nSPS) is 25.7. The van der Waals surface area contributed by atoms with Crippen LogP contribution in [0.5, 0.6) is 0 Å². The average Bonchev–Trinajstić information content (AvgIpc) is 3.04. The van der Waals surface area contributed by atoms with E-state index in [1.165, 1.54) is 6.08 Å². The van der Waals surface area contributed by atoms with Crippen LogP contribution in [-0.4, -0.2) is 29.6 Å². The highest BCUT2D eigenvalue weighted by Gasteiger charge is 2.61. The lowest BCUT2D eigenvalue weighted by Crippen LogP contribution is -2.53. The second-order valence-electron chi connectivity index (χ2n) is 9.28. The highest BCUT2D eigenvalue weighted by atomic mass is 19.4. The van der Waals surface area contributed by atoms with E-state index in [1.807, 2.05) is 44.0 Å². The van der Waals surface area contributed by atoms with Gasteiger partial charge in [0.15, 0.2) is 0 Å². The van der Waals surface area contributed by atoms with Crippen molar-refractivity contribution in [2.24, 2.45) is 5.41 Å². The Hall–Kier alpha value is -3.72. The number of carbonyl (C=O) groups is 1. The molecule has 1 fully saturated rings. The van der Waals surface area contributed by atoms with Crippen molar-refractivity contribution < 1.29 is 22.7 Å². The molecule has 2 unspecified atom stereocenters. The number of rotatable bonds is 5. The quantitative estimate of drug-likeness (QED) is 0.251. The van der Waals surface area contributed by atoms with Gasteiger partial charge in [0.1, 0.15) is 12.2 Å². The van der Waals surface area contributed by atoms with Gasteiger partial charge in [-0.3, -0.25) is 4.79 Å². The molecular weight excluding hydrogens is 463 g/mol. The number of ether oxygens (including phenoxy) is 1. The zero-order valence-corrected chi connectivity index (χ0v) is 20.5. The van der Waals surface area contributed by atoms with E-state index < -0.39 is 29.5 Å². The van der Waals surface area contributed by atoms with Crippen molar-refractivity contribution in [3.05, 3.63) is 107 Å². The zero-order valence-electron chi connectivity index (χ0n) is 20.5. The number of ketones is 1. The molecule has 1 aromatic rings. The molecule has 0 radical (unpaired) electrons. The number of alkyl halides is 3. The van der Waals surface area contributed by atoms with Crippen LogP contribution in [0.2, 0.25) is 0 Å². The van der Waals surface area contributed by atoms with Gasteiger partial charge in [0.05, 0.1) is 11.0 Å². The summed E-state index contributed by atoms with van der Waals surface area (Å²) in [6.45, 7) is 4.01. The van der Waals surface area contributed by atoms with Crippen molar-refractivity contribution in [1.29, 1.82) is 0 Å². The van der Waals surface area contributed by atoms with Crippen molar-refractivity contribution in [2.75, 3.05) is 7.05 Å². The van der Waals surface area contributed by atoms with E-state index in [0.717, 1.165) is 11.3 Å². The van der Waals surface area contributed by atoms with Crippen molar-refractivity contribution in [3.8, 4) is 12.3 Å². The molecule has 2 atom stereocenters. The number of benzene rings is 1. The molecule has 3 aliphatic rings. The van der Waals surface area contributed by atoms with Crippen LogP contribution in [0.25, 0.3) is 0 Å². The van der Waals surface area contributed by atoms with Crippen LogP contribution in [0.4, 0.5) is 13.2 Å². The number of likely N-dealkylation sites (tertiary alicyclic amines) is 1. The summed E-state index contributed by atoms with van der Waals surface area (Å²) in [5, 5.41) is 0.